The average Bonchev–Trinajstić information content (AvgIpc) is 2.67. The second-order valence-electron chi connectivity index (χ2n) is 7.09. The molecule has 0 atom stereocenters. The number of ether oxygens (including phenoxy) is 1. The maximum atomic E-state index is 12.4. The summed E-state index contributed by atoms with van der Waals surface area (Å²) in [5, 5.41) is 1.03. The number of aromatic nitrogens is 1. The van der Waals surface area contributed by atoms with E-state index in [1.165, 1.54) is 12.1 Å². The minimum atomic E-state index is -4.66. The fourth-order valence-corrected chi connectivity index (χ4v) is 3.87. The molecule has 0 saturated carbocycles. The second-order valence-corrected chi connectivity index (χ2v) is 7.09. The van der Waals surface area contributed by atoms with Crippen LogP contribution >= 0.6 is 0 Å². The molecule has 6 heteroatoms. The van der Waals surface area contributed by atoms with Gasteiger partial charge < -0.3 is 9.64 Å². The first-order valence-corrected chi connectivity index (χ1v) is 9.33. The van der Waals surface area contributed by atoms with Crippen LogP contribution in [-0.4, -0.2) is 24.4 Å². The van der Waals surface area contributed by atoms with Crippen LogP contribution in [0, 0.1) is 12.0 Å². The molecule has 1 radical (unpaired) electrons. The van der Waals surface area contributed by atoms with Crippen LogP contribution in [0.4, 0.5) is 18.9 Å². The Morgan fingerprint density at radius 1 is 1.11 bits per heavy atom. The van der Waals surface area contributed by atoms with E-state index in [9.17, 15) is 13.2 Å². The van der Waals surface area contributed by atoms with Crippen molar-refractivity contribution in [1.82, 2.24) is 4.98 Å². The van der Waals surface area contributed by atoms with Crippen LogP contribution in [-0.2, 0) is 6.42 Å². The number of alkyl halides is 3. The molecule has 1 saturated heterocycles. The molecule has 0 unspecified atom stereocenters. The SMILES string of the molecule is FC(F)(F)Oc1cccc(CC2CCN(c3cccc4ncc[c]c34)CC2)c1. The molecule has 0 aliphatic carbocycles. The number of rotatable bonds is 4. The van der Waals surface area contributed by atoms with E-state index < -0.39 is 6.36 Å². The van der Waals surface area contributed by atoms with Crippen molar-refractivity contribution < 1.29 is 17.9 Å². The van der Waals surface area contributed by atoms with Gasteiger partial charge in [-0.05, 0) is 67.1 Å². The van der Waals surface area contributed by atoms with Gasteiger partial charge in [-0.2, -0.15) is 0 Å². The summed E-state index contributed by atoms with van der Waals surface area (Å²) in [6.07, 6.45) is -0.183. The maximum Gasteiger partial charge on any atom is 0.573 e. The maximum absolute atomic E-state index is 12.4. The monoisotopic (exact) mass is 385 g/mol. The Balaban J connectivity index is 1.40. The third kappa shape index (κ3) is 4.38. The molecule has 28 heavy (non-hydrogen) atoms. The Morgan fingerprint density at radius 2 is 1.89 bits per heavy atom. The van der Waals surface area contributed by atoms with Gasteiger partial charge in [0.05, 0.1) is 5.52 Å². The van der Waals surface area contributed by atoms with E-state index in [2.05, 4.69) is 26.8 Å². The van der Waals surface area contributed by atoms with Gasteiger partial charge in [-0.15, -0.1) is 13.2 Å². The molecule has 0 spiro atoms. The average molecular weight is 385 g/mol. The molecule has 0 bridgehead atoms. The first-order chi connectivity index (χ1) is 13.5. The first-order valence-electron chi connectivity index (χ1n) is 9.33. The zero-order chi connectivity index (χ0) is 19.6. The summed E-state index contributed by atoms with van der Waals surface area (Å²) < 4.78 is 41.3. The zero-order valence-electron chi connectivity index (χ0n) is 15.2. The number of halogens is 3. The second kappa shape index (κ2) is 7.70. The minimum absolute atomic E-state index is 0.152. The fraction of sp³-hybridized carbons (Fsp3) is 0.318. The molecule has 1 aliphatic heterocycles. The van der Waals surface area contributed by atoms with E-state index in [0.717, 1.165) is 54.5 Å². The van der Waals surface area contributed by atoms with Crippen LogP contribution in [0.25, 0.3) is 10.9 Å². The zero-order valence-corrected chi connectivity index (χ0v) is 15.2. The lowest BCUT2D eigenvalue weighted by Crippen LogP contribution is -2.34. The summed E-state index contributed by atoms with van der Waals surface area (Å²) in [6.45, 7) is 1.82. The molecular formula is C22H20F3N2O. The van der Waals surface area contributed by atoms with Crippen LogP contribution in [0.1, 0.15) is 18.4 Å². The lowest BCUT2D eigenvalue weighted by Gasteiger charge is -2.34. The summed E-state index contributed by atoms with van der Waals surface area (Å²) in [4.78, 5) is 6.74. The van der Waals surface area contributed by atoms with Gasteiger partial charge >= 0.3 is 6.36 Å². The van der Waals surface area contributed by atoms with Crippen LogP contribution in [0.5, 0.6) is 5.75 Å². The quantitative estimate of drug-likeness (QED) is 0.602. The highest BCUT2D eigenvalue weighted by molar-refractivity contribution is 5.91. The van der Waals surface area contributed by atoms with Crippen molar-refractivity contribution in [3.8, 4) is 5.75 Å². The highest BCUT2D eigenvalue weighted by Gasteiger charge is 2.31. The Bertz CT molecular complexity index is 944. The number of hydrogen-bond donors (Lipinski definition) is 0. The van der Waals surface area contributed by atoms with E-state index in [4.69, 9.17) is 0 Å². The summed E-state index contributed by atoms with van der Waals surface area (Å²) in [6, 6.07) is 17.5. The van der Waals surface area contributed by atoms with Crippen molar-refractivity contribution in [2.24, 2.45) is 5.92 Å². The molecule has 1 aliphatic rings. The number of piperidine rings is 1. The van der Waals surface area contributed by atoms with Gasteiger partial charge in [-0.1, -0.05) is 18.2 Å². The van der Waals surface area contributed by atoms with Crippen molar-refractivity contribution in [1.29, 1.82) is 0 Å². The van der Waals surface area contributed by atoms with E-state index >= 15 is 0 Å². The van der Waals surface area contributed by atoms with Gasteiger partial charge in [0.25, 0.3) is 0 Å². The van der Waals surface area contributed by atoms with Crippen LogP contribution in [0.3, 0.4) is 0 Å². The summed E-state index contributed by atoms with van der Waals surface area (Å²) in [7, 11) is 0. The van der Waals surface area contributed by atoms with Gasteiger partial charge in [-0.3, -0.25) is 4.98 Å². The van der Waals surface area contributed by atoms with E-state index in [1.807, 2.05) is 24.3 Å². The topological polar surface area (TPSA) is 25.4 Å². The number of nitrogens with zero attached hydrogens (tertiary/aromatic N) is 2. The predicted molar refractivity (Wildman–Crippen MR) is 102 cm³/mol. The van der Waals surface area contributed by atoms with Crippen molar-refractivity contribution >= 4 is 16.6 Å². The normalized spacial score (nSPS) is 15.8. The van der Waals surface area contributed by atoms with Gasteiger partial charge in [0.1, 0.15) is 5.75 Å². The Hall–Kier alpha value is -2.76. The van der Waals surface area contributed by atoms with E-state index in [1.54, 1.807) is 12.3 Å². The van der Waals surface area contributed by atoms with E-state index in [-0.39, 0.29) is 5.75 Å². The third-order valence-electron chi connectivity index (χ3n) is 5.15. The molecule has 2 heterocycles. The van der Waals surface area contributed by atoms with Crippen molar-refractivity contribution in [3.05, 3.63) is 66.4 Å². The van der Waals surface area contributed by atoms with Crippen LogP contribution in [0.2, 0.25) is 0 Å². The Kier molecular flexibility index (Phi) is 5.11. The highest BCUT2D eigenvalue weighted by Crippen LogP contribution is 2.31. The van der Waals surface area contributed by atoms with Crippen LogP contribution in [0.15, 0.2) is 54.7 Å². The van der Waals surface area contributed by atoms with Gasteiger partial charge in [0.2, 0.25) is 0 Å². The van der Waals surface area contributed by atoms with E-state index in [0.29, 0.717) is 5.92 Å². The fourth-order valence-electron chi connectivity index (χ4n) is 3.87. The number of pyridine rings is 1. The molecule has 1 fully saturated rings. The van der Waals surface area contributed by atoms with Crippen LogP contribution < -0.4 is 9.64 Å². The third-order valence-corrected chi connectivity index (χ3v) is 5.15. The summed E-state index contributed by atoms with van der Waals surface area (Å²) in [5.74, 6) is 0.288. The molecule has 2 aromatic carbocycles. The Labute approximate surface area is 161 Å². The molecule has 4 rings (SSSR count). The highest BCUT2D eigenvalue weighted by atomic mass is 19.4. The lowest BCUT2D eigenvalue weighted by atomic mass is 9.89. The van der Waals surface area contributed by atoms with Gasteiger partial charge in [0.15, 0.2) is 0 Å². The molecule has 1 aromatic heterocycles. The predicted octanol–water partition coefficient (Wildman–Crippen LogP) is 5.39. The smallest absolute Gasteiger partial charge is 0.406 e. The number of benzene rings is 2. The molecule has 0 N–H and O–H groups in total. The number of anilines is 1. The molecule has 3 aromatic rings. The van der Waals surface area contributed by atoms with Gasteiger partial charge in [-0.25, -0.2) is 0 Å². The minimum Gasteiger partial charge on any atom is -0.406 e. The summed E-state index contributed by atoms with van der Waals surface area (Å²) in [5.41, 5.74) is 2.95. The standard InChI is InChI=1S/C22H20F3N2O/c23-22(24,25)28-18-5-1-4-17(15-18)14-16-9-12-27(13-10-16)21-8-2-7-20-19(21)6-3-11-26-20/h1-5,7-8,11,15-16H,9-10,12-14H2. The first kappa shape index (κ1) is 18.6. The largest absolute Gasteiger partial charge is 0.573 e. The number of fused-ring (bicyclic) bond motifs is 1. The van der Waals surface area contributed by atoms with Gasteiger partial charge in [0, 0.05) is 30.4 Å². The summed E-state index contributed by atoms with van der Waals surface area (Å²) >= 11 is 0. The Morgan fingerprint density at radius 3 is 2.68 bits per heavy atom. The van der Waals surface area contributed by atoms with Crippen molar-refractivity contribution in [3.63, 3.8) is 0 Å². The number of hydrogen-bond acceptors (Lipinski definition) is 3. The lowest BCUT2D eigenvalue weighted by molar-refractivity contribution is -0.274. The molecule has 0 amide bonds. The molecular weight excluding hydrogens is 365 g/mol. The van der Waals surface area contributed by atoms with Crippen molar-refractivity contribution in [2.45, 2.75) is 25.6 Å². The molecule has 3 nitrogen and oxygen atoms in total. The van der Waals surface area contributed by atoms with Crippen molar-refractivity contribution in [2.75, 3.05) is 18.0 Å². The molecule has 145 valence electrons.